The lowest BCUT2D eigenvalue weighted by Gasteiger charge is -2.36. The van der Waals surface area contributed by atoms with Crippen LogP contribution in [0.25, 0.3) is 16.6 Å². The molecule has 0 saturated carbocycles. The molecule has 1 N–H and O–H groups in total. The van der Waals surface area contributed by atoms with Crippen molar-refractivity contribution in [2.45, 2.75) is 58.6 Å². The fourth-order valence-corrected chi connectivity index (χ4v) is 4.77. The zero-order chi connectivity index (χ0) is 20.8. The van der Waals surface area contributed by atoms with E-state index in [1.807, 2.05) is 13.0 Å². The summed E-state index contributed by atoms with van der Waals surface area (Å²) >= 11 is 0. The molecular formula is C26H30N2O. The summed E-state index contributed by atoms with van der Waals surface area (Å²) in [4.78, 5) is 7.32. The maximum atomic E-state index is 11.3. The van der Waals surface area contributed by atoms with Crippen LogP contribution in [-0.2, 0) is 13.0 Å². The minimum Gasteiger partial charge on any atom is -0.381 e. The van der Waals surface area contributed by atoms with Gasteiger partial charge in [-0.3, -0.25) is 0 Å². The highest BCUT2D eigenvalue weighted by Crippen LogP contribution is 2.47. The molecule has 0 amide bonds. The lowest BCUT2D eigenvalue weighted by molar-refractivity contribution is 0.127. The first kappa shape index (κ1) is 19.7. The molecule has 4 rings (SSSR count). The highest BCUT2D eigenvalue weighted by atomic mass is 16.3. The molecule has 3 heterocycles. The van der Waals surface area contributed by atoms with Gasteiger partial charge in [0.1, 0.15) is 5.60 Å². The van der Waals surface area contributed by atoms with Gasteiger partial charge in [-0.25, -0.2) is 4.98 Å². The third-order valence-electron chi connectivity index (χ3n) is 6.44. The second-order valence-electron chi connectivity index (χ2n) is 7.97. The summed E-state index contributed by atoms with van der Waals surface area (Å²) in [6.45, 7) is 15.5. The second-order valence-corrected chi connectivity index (χ2v) is 7.97. The smallest absolute Gasteiger partial charge is 0.108 e. The SMILES string of the molecule is C=CC(O)(CC)C1=C(CCC)C(=C)N2Cc3c(nc4ccccc4c3CC)C2=C1. The average Bonchev–Trinajstić information content (AvgIpc) is 3.11. The van der Waals surface area contributed by atoms with Crippen molar-refractivity contribution in [2.75, 3.05) is 0 Å². The molecule has 0 saturated heterocycles. The molecule has 2 aromatic rings. The summed E-state index contributed by atoms with van der Waals surface area (Å²) in [5, 5.41) is 12.5. The molecule has 1 aromatic carbocycles. The Kier molecular flexibility index (Phi) is 4.95. The van der Waals surface area contributed by atoms with Gasteiger partial charge in [-0.15, -0.1) is 0 Å². The Morgan fingerprint density at radius 2 is 2.00 bits per heavy atom. The molecule has 0 aliphatic carbocycles. The number of aryl methyl sites for hydroxylation is 1. The fraction of sp³-hybridized carbons (Fsp3) is 0.346. The van der Waals surface area contributed by atoms with Gasteiger partial charge in [0.15, 0.2) is 0 Å². The Morgan fingerprint density at radius 1 is 1.24 bits per heavy atom. The molecule has 3 nitrogen and oxygen atoms in total. The summed E-state index contributed by atoms with van der Waals surface area (Å²) in [7, 11) is 0. The Morgan fingerprint density at radius 3 is 2.66 bits per heavy atom. The van der Waals surface area contributed by atoms with Crippen LogP contribution >= 0.6 is 0 Å². The lowest BCUT2D eigenvalue weighted by atomic mass is 9.82. The van der Waals surface area contributed by atoms with E-state index in [2.05, 4.69) is 56.2 Å². The molecule has 1 unspecified atom stereocenters. The largest absolute Gasteiger partial charge is 0.381 e. The normalized spacial score (nSPS) is 17.9. The monoisotopic (exact) mass is 386 g/mol. The van der Waals surface area contributed by atoms with Crippen LogP contribution in [-0.4, -0.2) is 20.6 Å². The fourth-order valence-electron chi connectivity index (χ4n) is 4.77. The molecule has 0 spiro atoms. The molecule has 2 aliphatic heterocycles. The van der Waals surface area contributed by atoms with Gasteiger partial charge < -0.3 is 10.0 Å². The standard InChI is InChI=1S/C26H30N2O/c1-6-12-19-17(5)28-16-21-18(7-2)20-13-10-11-14-23(20)27-25(21)24(28)15-22(19)26(29,8-3)9-4/h8,10-11,13-15,29H,3,5-7,9,12,16H2,1-2,4H3. The van der Waals surface area contributed by atoms with Crippen molar-refractivity contribution in [3.8, 4) is 0 Å². The van der Waals surface area contributed by atoms with Crippen LogP contribution in [0.3, 0.4) is 0 Å². The zero-order valence-electron chi connectivity index (χ0n) is 17.8. The summed E-state index contributed by atoms with van der Waals surface area (Å²) in [5.41, 5.74) is 7.74. The number of aromatic nitrogens is 1. The van der Waals surface area contributed by atoms with Gasteiger partial charge in [0.25, 0.3) is 0 Å². The lowest BCUT2D eigenvalue weighted by Crippen LogP contribution is -2.32. The Hall–Kier alpha value is -2.65. The highest BCUT2D eigenvalue weighted by Gasteiger charge is 2.38. The van der Waals surface area contributed by atoms with Crippen LogP contribution in [0.5, 0.6) is 0 Å². The molecule has 29 heavy (non-hydrogen) atoms. The van der Waals surface area contributed by atoms with Crippen molar-refractivity contribution >= 4 is 16.6 Å². The topological polar surface area (TPSA) is 36.4 Å². The number of fused-ring (bicyclic) bond motifs is 4. The van der Waals surface area contributed by atoms with Gasteiger partial charge in [0.2, 0.25) is 0 Å². The van der Waals surface area contributed by atoms with Gasteiger partial charge >= 0.3 is 0 Å². The van der Waals surface area contributed by atoms with E-state index in [1.165, 1.54) is 16.5 Å². The number of aliphatic hydroxyl groups is 1. The molecule has 1 aromatic heterocycles. The molecule has 1 atom stereocenters. The summed E-state index contributed by atoms with van der Waals surface area (Å²) in [6.07, 6.45) is 7.23. The molecular weight excluding hydrogens is 356 g/mol. The van der Waals surface area contributed by atoms with E-state index in [1.54, 1.807) is 6.08 Å². The van der Waals surface area contributed by atoms with Crippen molar-refractivity contribution < 1.29 is 5.11 Å². The number of pyridine rings is 1. The predicted octanol–water partition coefficient (Wildman–Crippen LogP) is 5.90. The van der Waals surface area contributed by atoms with E-state index in [0.717, 1.165) is 59.6 Å². The highest BCUT2D eigenvalue weighted by molar-refractivity contribution is 5.89. The third kappa shape index (κ3) is 2.87. The Labute approximate surface area is 173 Å². The van der Waals surface area contributed by atoms with Crippen molar-refractivity contribution in [3.63, 3.8) is 0 Å². The van der Waals surface area contributed by atoms with Gasteiger partial charge in [-0.1, -0.05) is 64.6 Å². The maximum absolute atomic E-state index is 11.3. The summed E-state index contributed by atoms with van der Waals surface area (Å²) in [6, 6.07) is 8.38. The Balaban J connectivity index is 1.98. The number of para-hydroxylation sites is 1. The molecule has 150 valence electrons. The van der Waals surface area contributed by atoms with Crippen LogP contribution in [0.15, 0.2) is 66.4 Å². The van der Waals surface area contributed by atoms with E-state index in [-0.39, 0.29) is 0 Å². The first-order valence-electron chi connectivity index (χ1n) is 10.7. The molecule has 2 aliphatic rings. The van der Waals surface area contributed by atoms with Crippen molar-refractivity contribution in [1.82, 2.24) is 9.88 Å². The van der Waals surface area contributed by atoms with E-state index in [9.17, 15) is 5.11 Å². The van der Waals surface area contributed by atoms with E-state index in [0.29, 0.717) is 6.42 Å². The van der Waals surface area contributed by atoms with Crippen LogP contribution in [0, 0.1) is 0 Å². The molecule has 0 fully saturated rings. The van der Waals surface area contributed by atoms with E-state index >= 15 is 0 Å². The van der Waals surface area contributed by atoms with Gasteiger partial charge in [-0.05, 0) is 48.1 Å². The zero-order valence-corrected chi connectivity index (χ0v) is 17.8. The summed E-state index contributed by atoms with van der Waals surface area (Å²) in [5.74, 6) is 0. The molecule has 3 heteroatoms. The van der Waals surface area contributed by atoms with Crippen molar-refractivity contribution in [1.29, 1.82) is 0 Å². The van der Waals surface area contributed by atoms with Gasteiger partial charge in [-0.2, -0.15) is 0 Å². The number of benzene rings is 1. The van der Waals surface area contributed by atoms with Crippen LogP contribution in [0.1, 0.15) is 56.9 Å². The first-order chi connectivity index (χ1) is 14.0. The number of hydrogen-bond donors (Lipinski definition) is 1. The third-order valence-corrected chi connectivity index (χ3v) is 6.44. The van der Waals surface area contributed by atoms with E-state index < -0.39 is 5.60 Å². The quantitative estimate of drug-likeness (QED) is 0.628. The summed E-state index contributed by atoms with van der Waals surface area (Å²) < 4.78 is 0. The first-order valence-corrected chi connectivity index (χ1v) is 10.7. The second kappa shape index (κ2) is 7.31. The van der Waals surface area contributed by atoms with Crippen LogP contribution < -0.4 is 0 Å². The van der Waals surface area contributed by atoms with E-state index in [4.69, 9.17) is 4.98 Å². The minimum absolute atomic E-state index is 0.578. The average molecular weight is 387 g/mol. The van der Waals surface area contributed by atoms with Crippen molar-refractivity contribution in [3.05, 3.63) is 83.2 Å². The number of allylic oxidation sites excluding steroid dienone is 1. The van der Waals surface area contributed by atoms with Gasteiger partial charge in [0.05, 0.1) is 23.5 Å². The van der Waals surface area contributed by atoms with Crippen molar-refractivity contribution in [2.24, 2.45) is 0 Å². The Bertz CT molecular complexity index is 1080. The number of hydrogen-bond acceptors (Lipinski definition) is 3. The number of rotatable bonds is 6. The van der Waals surface area contributed by atoms with Gasteiger partial charge in [0, 0.05) is 16.6 Å². The molecule has 0 radical (unpaired) electrons. The van der Waals surface area contributed by atoms with Crippen LogP contribution in [0.2, 0.25) is 0 Å². The predicted molar refractivity (Wildman–Crippen MR) is 121 cm³/mol. The minimum atomic E-state index is -1.06. The number of nitrogens with zero attached hydrogens (tertiary/aromatic N) is 2. The maximum Gasteiger partial charge on any atom is 0.108 e. The van der Waals surface area contributed by atoms with Crippen LogP contribution in [0.4, 0.5) is 0 Å². The molecule has 0 bridgehead atoms.